The molecule has 37 heavy (non-hydrogen) atoms. The van der Waals surface area contributed by atoms with Crippen molar-refractivity contribution < 1.29 is 62.3 Å². The molecule has 0 aromatic carbocycles. The van der Waals surface area contributed by atoms with Gasteiger partial charge in [0.05, 0.1) is 19.8 Å². The highest BCUT2D eigenvalue weighted by atomic mass is 16.7. The monoisotopic (exact) mass is 530 g/mol. The van der Waals surface area contributed by atoms with Crippen molar-refractivity contribution in [3.05, 3.63) is 0 Å². The standard InChI is InChI=1S/C24H34O13/c1-2-3-4-6-9-15(10-7-5-8-11-32-22(29)21(27)28)35-23(30)24(31)37-17-14-34-19-16(13-33-20(17)19)36-18(26)12-25/h12,15-17,19-20H,2-11,13-14H2,1H3,(H,27,28)/t15?,16-,17+,19?,20?/m1/s1. The quantitative estimate of drug-likeness (QED) is 0.104. The Kier molecular flexibility index (Phi) is 13.0. The molecule has 0 bridgehead atoms. The van der Waals surface area contributed by atoms with Crippen LogP contribution >= 0.6 is 0 Å². The Morgan fingerprint density at radius 2 is 1.43 bits per heavy atom. The second kappa shape index (κ2) is 15.9. The van der Waals surface area contributed by atoms with Crippen LogP contribution in [0.25, 0.3) is 0 Å². The second-order valence-electron chi connectivity index (χ2n) is 8.80. The van der Waals surface area contributed by atoms with Gasteiger partial charge in [-0.05, 0) is 38.5 Å². The summed E-state index contributed by atoms with van der Waals surface area (Å²) in [5.74, 6) is -6.34. The first-order valence-electron chi connectivity index (χ1n) is 12.5. The van der Waals surface area contributed by atoms with Crippen LogP contribution in [0.1, 0.15) is 64.7 Å². The molecule has 0 radical (unpaired) electrons. The first kappa shape index (κ1) is 30.2. The van der Waals surface area contributed by atoms with Gasteiger partial charge in [-0.25, -0.2) is 24.0 Å². The first-order valence-corrected chi connectivity index (χ1v) is 12.5. The molecule has 13 heteroatoms. The Bertz CT molecular complexity index is 810. The van der Waals surface area contributed by atoms with Crippen molar-refractivity contribution in [2.75, 3.05) is 19.8 Å². The lowest BCUT2D eigenvalue weighted by Crippen LogP contribution is -2.38. The second-order valence-corrected chi connectivity index (χ2v) is 8.80. The van der Waals surface area contributed by atoms with Gasteiger partial charge in [0.25, 0.3) is 0 Å². The van der Waals surface area contributed by atoms with Crippen molar-refractivity contribution in [1.82, 2.24) is 0 Å². The van der Waals surface area contributed by atoms with Gasteiger partial charge in [-0.15, -0.1) is 0 Å². The van der Waals surface area contributed by atoms with E-state index in [9.17, 15) is 28.8 Å². The fourth-order valence-electron chi connectivity index (χ4n) is 4.13. The summed E-state index contributed by atoms with van der Waals surface area (Å²) in [7, 11) is 0. The molecule has 5 atom stereocenters. The van der Waals surface area contributed by atoms with Gasteiger partial charge >= 0.3 is 29.8 Å². The topological polar surface area (TPSA) is 178 Å². The number of esters is 4. The zero-order valence-electron chi connectivity index (χ0n) is 20.8. The van der Waals surface area contributed by atoms with E-state index in [2.05, 4.69) is 11.7 Å². The SMILES string of the molecule is CCCCCCC(CCCCCOC(=O)C(=O)O)OC(=O)C(=O)O[C@H]1COC2C1OC[C@H]2OC(=O)C=O. The fourth-order valence-corrected chi connectivity index (χ4v) is 4.13. The molecule has 1 N–H and O–H groups in total. The zero-order chi connectivity index (χ0) is 27.2. The van der Waals surface area contributed by atoms with Crippen LogP contribution in [0.3, 0.4) is 0 Å². The smallest absolute Gasteiger partial charge is 0.417 e. The minimum Gasteiger partial charge on any atom is -0.473 e. The number of hydrogen-bond donors (Lipinski definition) is 1. The minimum atomic E-state index is -1.65. The van der Waals surface area contributed by atoms with E-state index in [4.69, 9.17) is 28.8 Å². The number of carboxylic acids is 1. The molecule has 0 aromatic rings. The maximum atomic E-state index is 12.4. The fraction of sp³-hybridized carbons (Fsp3) is 0.750. The molecule has 3 unspecified atom stereocenters. The van der Waals surface area contributed by atoms with Crippen molar-refractivity contribution in [3.8, 4) is 0 Å². The van der Waals surface area contributed by atoms with Crippen LogP contribution in [-0.4, -0.2) is 91.6 Å². The molecule has 0 amide bonds. The van der Waals surface area contributed by atoms with Gasteiger partial charge in [-0.2, -0.15) is 0 Å². The van der Waals surface area contributed by atoms with E-state index in [0.717, 1.165) is 25.7 Å². The van der Waals surface area contributed by atoms with Crippen LogP contribution in [0.4, 0.5) is 0 Å². The summed E-state index contributed by atoms with van der Waals surface area (Å²) in [6.45, 7) is 1.94. The maximum Gasteiger partial charge on any atom is 0.417 e. The predicted molar refractivity (Wildman–Crippen MR) is 121 cm³/mol. The van der Waals surface area contributed by atoms with Crippen LogP contribution in [0.15, 0.2) is 0 Å². The lowest BCUT2D eigenvalue weighted by atomic mass is 10.0. The Balaban J connectivity index is 1.78. The van der Waals surface area contributed by atoms with Crippen LogP contribution in [-0.2, 0) is 57.2 Å². The highest BCUT2D eigenvalue weighted by Gasteiger charge is 2.51. The summed E-state index contributed by atoms with van der Waals surface area (Å²) in [6.07, 6.45) is 2.87. The van der Waals surface area contributed by atoms with E-state index in [1.54, 1.807) is 0 Å². The van der Waals surface area contributed by atoms with Gasteiger partial charge in [0.2, 0.25) is 6.29 Å². The van der Waals surface area contributed by atoms with E-state index in [1.807, 2.05) is 0 Å². The van der Waals surface area contributed by atoms with Gasteiger partial charge in [0.1, 0.15) is 18.3 Å². The molecular weight excluding hydrogens is 496 g/mol. The van der Waals surface area contributed by atoms with Crippen LogP contribution in [0, 0.1) is 0 Å². The molecule has 2 fully saturated rings. The van der Waals surface area contributed by atoms with Gasteiger partial charge in [0, 0.05) is 0 Å². The Labute approximate surface area is 214 Å². The molecule has 2 saturated heterocycles. The molecule has 0 spiro atoms. The maximum absolute atomic E-state index is 12.4. The van der Waals surface area contributed by atoms with Crippen molar-refractivity contribution in [2.24, 2.45) is 0 Å². The number of carbonyl (C=O) groups is 6. The number of rotatable bonds is 15. The summed E-state index contributed by atoms with van der Waals surface area (Å²) in [5, 5.41) is 8.49. The van der Waals surface area contributed by atoms with E-state index < -0.39 is 60.4 Å². The zero-order valence-corrected chi connectivity index (χ0v) is 20.8. The van der Waals surface area contributed by atoms with E-state index in [-0.39, 0.29) is 26.1 Å². The van der Waals surface area contributed by atoms with Gasteiger partial charge in [-0.3, -0.25) is 4.79 Å². The van der Waals surface area contributed by atoms with Crippen LogP contribution in [0.2, 0.25) is 0 Å². The number of hydrogen-bond acceptors (Lipinski definition) is 12. The Morgan fingerprint density at radius 3 is 2.00 bits per heavy atom. The van der Waals surface area contributed by atoms with Crippen molar-refractivity contribution in [2.45, 2.75) is 95.2 Å². The number of carbonyl (C=O) groups excluding carboxylic acids is 5. The summed E-state index contributed by atoms with van der Waals surface area (Å²) in [6, 6.07) is 0. The van der Waals surface area contributed by atoms with Gasteiger partial charge in [-0.1, -0.05) is 26.2 Å². The molecule has 2 rings (SSSR count). The number of fused-ring (bicyclic) bond motifs is 1. The molecule has 0 aromatic heterocycles. The van der Waals surface area contributed by atoms with Crippen molar-refractivity contribution >= 4 is 36.1 Å². The number of carboxylic acid groups (broad SMARTS) is 1. The largest absolute Gasteiger partial charge is 0.473 e. The average molecular weight is 531 g/mol. The molecule has 2 heterocycles. The van der Waals surface area contributed by atoms with Gasteiger partial charge < -0.3 is 33.5 Å². The highest BCUT2D eigenvalue weighted by molar-refractivity contribution is 6.29. The molecular formula is C24H34O13. The van der Waals surface area contributed by atoms with Crippen LogP contribution < -0.4 is 0 Å². The lowest BCUT2D eigenvalue weighted by molar-refractivity contribution is -0.177. The summed E-state index contributed by atoms with van der Waals surface area (Å²) < 4.78 is 31.1. The van der Waals surface area contributed by atoms with E-state index >= 15 is 0 Å². The average Bonchev–Trinajstić information content (AvgIpc) is 3.46. The minimum absolute atomic E-state index is 0.0265. The van der Waals surface area contributed by atoms with Crippen molar-refractivity contribution in [3.63, 3.8) is 0 Å². The van der Waals surface area contributed by atoms with Gasteiger partial charge in [0.15, 0.2) is 12.2 Å². The first-order chi connectivity index (χ1) is 17.8. The van der Waals surface area contributed by atoms with E-state index in [0.29, 0.717) is 32.1 Å². The third-order valence-corrected chi connectivity index (χ3v) is 5.98. The van der Waals surface area contributed by atoms with Crippen molar-refractivity contribution in [1.29, 1.82) is 0 Å². The molecule has 208 valence electrons. The number of aliphatic carboxylic acids is 1. The molecule has 13 nitrogen and oxygen atoms in total. The Hall–Kier alpha value is -3.06. The lowest BCUT2D eigenvalue weighted by Gasteiger charge is -2.19. The molecule has 2 aliphatic heterocycles. The van der Waals surface area contributed by atoms with Crippen LogP contribution in [0.5, 0.6) is 0 Å². The highest BCUT2D eigenvalue weighted by Crippen LogP contribution is 2.30. The Morgan fingerprint density at radius 1 is 0.838 bits per heavy atom. The molecule has 2 aliphatic rings. The third-order valence-electron chi connectivity index (χ3n) is 5.98. The number of unbranched alkanes of at least 4 members (excludes halogenated alkanes) is 5. The number of ether oxygens (including phenoxy) is 6. The predicted octanol–water partition coefficient (Wildman–Crippen LogP) is 0.877. The summed E-state index contributed by atoms with van der Waals surface area (Å²) in [5.41, 5.74) is 0. The van der Waals surface area contributed by atoms with E-state index in [1.165, 1.54) is 0 Å². The summed E-state index contributed by atoms with van der Waals surface area (Å²) in [4.78, 5) is 67.9. The third kappa shape index (κ3) is 10.1. The molecule has 0 saturated carbocycles. The number of aldehydes is 1. The molecule has 0 aliphatic carbocycles. The summed E-state index contributed by atoms with van der Waals surface area (Å²) >= 11 is 0. The normalized spacial score (nSPS) is 22.9.